The lowest BCUT2D eigenvalue weighted by atomic mass is 10.0. The molecule has 1 aliphatic rings. The van der Waals surface area contributed by atoms with Crippen molar-refractivity contribution in [2.75, 3.05) is 45.2 Å². The lowest BCUT2D eigenvalue weighted by molar-refractivity contribution is -0.118. The van der Waals surface area contributed by atoms with Gasteiger partial charge in [0.1, 0.15) is 11.6 Å². The molecule has 0 atom stereocenters. The van der Waals surface area contributed by atoms with E-state index in [4.69, 9.17) is 9.72 Å². The Morgan fingerprint density at radius 2 is 1.89 bits per heavy atom. The third-order valence-corrected chi connectivity index (χ3v) is 6.67. The van der Waals surface area contributed by atoms with Gasteiger partial charge in [0.2, 0.25) is 0 Å². The van der Waals surface area contributed by atoms with Crippen molar-refractivity contribution in [1.82, 2.24) is 19.4 Å². The molecule has 1 amide bonds. The molecule has 4 rings (SSSR count). The number of imidazole rings is 1. The summed E-state index contributed by atoms with van der Waals surface area (Å²) in [6.45, 7) is 14.5. The van der Waals surface area contributed by atoms with E-state index in [9.17, 15) is 4.79 Å². The van der Waals surface area contributed by atoms with Crippen LogP contribution in [0, 0.1) is 6.92 Å². The molecule has 35 heavy (non-hydrogen) atoms. The topological polar surface area (TPSA) is 62.6 Å². The van der Waals surface area contributed by atoms with E-state index in [0.29, 0.717) is 5.92 Å². The van der Waals surface area contributed by atoms with Crippen molar-refractivity contribution < 1.29 is 9.53 Å². The highest BCUT2D eigenvalue weighted by Crippen LogP contribution is 2.28. The molecule has 1 N–H and O–H groups in total. The molecule has 1 aliphatic heterocycles. The van der Waals surface area contributed by atoms with Crippen LogP contribution in [0.3, 0.4) is 0 Å². The Balaban J connectivity index is 1.45. The molecule has 0 bridgehead atoms. The number of nitrogens with one attached hydrogen (secondary N) is 1. The van der Waals surface area contributed by atoms with Crippen LogP contribution < -0.4 is 10.1 Å². The van der Waals surface area contributed by atoms with Crippen LogP contribution in [-0.4, -0.2) is 65.1 Å². The molecule has 7 heteroatoms. The Kier molecular flexibility index (Phi) is 8.08. The van der Waals surface area contributed by atoms with Gasteiger partial charge in [0.05, 0.1) is 17.6 Å². The average Bonchev–Trinajstić information content (AvgIpc) is 3.15. The van der Waals surface area contributed by atoms with E-state index < -0.39 is 0 Å². The average molecular weight is 478 g/mol. The molecule has 2 aromatic carbocycles. The summed E-state index contributed by atoms with van der Waals surface area (Å²) in [5.74, 6) is 2.02. The van der Waals surface area contributed by atoms with E-state index >= 15 is 0 Å². The van der Waals surface area contributed by atoms with E-state index in [1.165, 1.54) is 0 Å². The van der Waals surface area contributed by atoms with Gasteiger partial charge in [-0.2, -0.15) is 0 Å². The molecule has 1 saturated heterocycles. The number of benzene rings is 2. The zero-order valence-corrected chi connectivity index (χ0v) is 21.8. The number of piperazine rings is 1. The van der Waals surface area contributed by atoms with Crippen molar-refractivity contribution in [3.05, 3.63) is 53.3 Å². The van der Waals surface area contributed by atoms with E-state index in [1.807, 2.05) is 25.1 Å². The SMILES string of the molecule is CCCn1c(CN2CCN(C)CC2)nc2cc(NC(=O)COc3cc(C)ccc3C(C)C)ccc21. The second-order valence-corrected chi connectivity index (χ2v) is 10.00. The molecule has 0 aliphatic carbocycles. The van der Waals surface area contributed by atoms with Crippen LogP contribution in [0.2, 0.25) is 0 Å². The number of rotatable bonds is 9. The van der Waals surface area contributed by atoms with Crippen molar-refractivity contribution in [3.8, 4) is 5.75 Å². The van der Waals surface area contributed by atoms with Gasteiger partial charge in [-0.1, -0.05) is 32.9 Å². The number of carbonyl (C=O) groups is 1. The first-order valence-electron chi connectivity index (χ1n) is 12.8. The van der Waals surface area contributed by atoms with Crippen LogP contribution in [-0.2, 0) is 17.9 Å². The Bertz CT molecular complexity index is 1160. The number of ether oxygens (including phenoxy) is 1. The third kappa shape index (κ3) is 6.21. The Morgan fingerprint density at radius 1 is 1.11 bits per heavy atom. The van der Waals surface area contributed by atoms with Crippen LogP contribution in [0.15, 0.2) is 36.4 Å². The van der Waals surface area contributed by atoms with E-state index in [-0.39, 0.29) is 12.5 Å². The summed E-state index contributed by atoms with van der Waals surface area (Å²) in [6, 6.07) is 12.1. The van der Waals surface area contributed by atoms with E-state index in [0.717, 1.165) is 85.1 Å². The largest absolute Gasteiger partial charge is 0.483 e. The fourth-order valence-electron chi connectivity index (χ4n) is 4.64. The van der Waals surface area contributed by atoms with Gasteiger partial charge < -0.3 is 19.5 Å². The van der Waals surface area contributed by atoms with Crippen molar-refractivity contribution in [3.63, 3.8) is 0 Å². The molecule has 188 valence electrons. The molecule has 1 aromatic heterocycles. The summed E-state index contributed by atoms with van der Waals surface area (Å²) in [4.78, 5) is 22.5. The smallest absolute Gasteiger partial charge is 0.262 e. The number of amides is 1. The maximum absolute atomic E-state index is 12.7. The van der Waals surface area contributed by atoms with Gasteiger partial charge >= 0.3 is 0 Å². The van der Waals surface area contributed by atoms with Crippen LogP contribution in [0.1, 0.15) is 50.1 Å². The van der Waals surface area contributed by atoms with Gasteiger partial charge in [0.25, 0.3) is 5.91 Å². The van der Waals surface area contributed by atoms with Gasteiger partial charge in [0.15, 0.2) is 6.61 Å². The Labute approximate surface area is 209 Å². The maximum atomic E-state index is 12.7. The molecule has 7 nitrogen and oxygen atoms in total. The second-order valence-electron chi connectivity index (χ2n) is 10.00. The highest BCUT2D eigenvalue weighted by Gasteiger charge is 2.18. The number of aromatic nitrogens is 2. The number of likely N-dealkylation sites (N-methyl/N-ethyl adjacent to an activating group) is 1. The highest BCUT2D eigenvalue weighted by atomic mass is 16.5. The zero-order valence-electron chi connectivity index (χ0n) is 21.8. The number of anilines is 1. The van der Waals surface area contributed by atoms with Crippen molar-refractivity contribution in [1.29, 1.82) is 0 Å². The predicted molar refractivity (Wildman–Crippen MR) is 142 cm³/mol. The monoisotopic (exact) mass is 477 g/mol. The first-order valence-corrected chi connectivity index (χ1v) is 12.8. The summed E-state index contributed by atoms with van der Waals surface area (Å²) in [6.07, 6.45) is 1.05. The first-order chi connectivity index (χ1) is 16.8. The summed E-state index contributed by atoms with van der Waals surface area (Å²) >= 11 is 0. The van der Waals surface area contributed by atoms with Crippen LogP contribution in [0.4, 0.5) is 5.69 Å². The highest BCUT2D eigenvalue weighted by molar-refractivity contribution is 5.94. The lowest BCUT2D eigenvalue weighted by Crippen LogP contribution is -2.44. The number of fused-ring (bicyclic) bond motifs is 1. The molecule has 1 fully saturated rings. The number of hydrogen-bond acceptors (Lipinski definition) is 5. The molecule has 0 saturated carbocycles. The summed E-state index contributed by atoms with van der Waals surface area (Å²) in [7, 11) is 2.18. The molecule has 0 spiro atoms. The van der Waals surface area contributed by atoms with Crippen molar-refractivity contribution >= 4 is 22.6 Å². The van der Waals surface area contributed by atoms with E-state index in [2.05, 4.69) is 65.7 Å². The van der Waals surface area contributed by atoms with Crippen LogP contribution >= 0.6 is 0 Å². The standard InChI is InChI=1S/C28H39N5O2/c1-6-11-33-25-10-8-22(17-24(25)30-27(33)18-32-14-12-31(5)13-15-32)29-28(34)19-35-26-16-21(4)7-9-23(26)20(2)3/h7-10,16-17,20H,6,11-15,18-19H2,1-5H3,(H,29,34). The quantitative estimate of drug-likeness (QED) is 0.486. The van der Waals surface area contributed by atoms with Crippen LogP contribution in [0.5, 0.6) is 5.75 Å². The zero-order chi connectivity index (χ0) is 24.9. The van der Waals surface area contributed by atoms with E-state index in [1.54, 1.807) is 0 Å². The van der Waals surface area contributed by atoms with Gasteiger partial charge in [0, 0.05) is 38.4 Å². The summed E-state index contributed by atoms with van der Waals surface area (Å²) in [5, 5.41) is 2.99. The molecular formula is C28H39N5O2. The maximum Gasteiger partial charge on any atom is 0.262 e. The lowest BCUT2D eigenvalue weighted by Gasteiger charge is -2.32. The first kappa shape index (κ1) is 25.2. The fourth-order valence-corrected chi connectivity index (χ4v) is 4.64. The minimum atomic E-state index is -0.175. The molecule has 3 aromatic rings. The van der Waals surface area contributed by atoms with Gasteiger partial charge in [-0.3, -0.25) is 9.69 Å². The van der Waals surface area contributed by atoms with Crippen molar-refractivity contribution in [2.45, 2.75) is 53.1 Å². The Hall–Kier alpha value is -2.90. The minimum absolute atomic E-state index is 0.0276. The van der Waals surface area contributed by atoms with Gasteiger partial charge in [-0.25, -0.2) is 4.98 Å². The normalized spacial score (nSPS) is 15.1. The van der Waals surface area contributed by atoms with Gasteiger partial charge in [-0.05, 0) is 61.7 Å². The summed E-state index contributed by atoms with van der Waals surface area (Å²) < 4.78 is 8.23. The predicted octanol–water partition coefficient (Wildman–Crippen LogP) is 4.64. The fraction of sp³-hybridized carbons (Fsp3) is 0.500. The number of hydrogen-bond donors (Lipinski definition) is 1. The molecule has 0 unspecified atom stereocenters. The molecule has 0 radical (unpaired) electrons. The third-order valence-electron chi connectivity index (χ3n) is 6.67. The number of aryl methyl sites for hydroxylation is 2. The summed E-state index contributed by atoms with van der Waals surface area (Å²) in [5.41, 5.74) is 5.00. The minimum Gasteiger partial charge on any atom is -0.483 e. The van der Waals surface area contributed by atoms with Crippen molar-refractivity contribution in [2.24, 2.45) is 0 Å². The second kappa shape index (κ2) is 11.2. The Morgan fingerprint density at radius 3 is 2.60 bits per heavy atom. The number of carbonyl (C=O) groups excluding carboxylic acids is 1. The van der Waals surface area contributed by atoms with Gasteiger partial charge in [-0.15, -0.1) is 0 Å². The number of nitrogens with zero attached hydrogens (tertiary/aromatic N) is 4. The molecular weight excluding hydrogens is 438 g/mol. The van der Waals surface area contributed by atoms with Crippen LogP contribution in [0.25, 0.3) is 11.0 Å². The molecule has 2 heterocycles.